The highest BCUT2D eigenvalue weighted by atomic mass is 35.5. The van der Waals surface area contributed by atoms with E-state index in [0.29, 0.717) is 16.4 Å². The van der Waals surface area contributed by atoms with Crippen LogP contribution >= 0.6 is 11.6 Å². The molecule has 3 rings (SSSR count). The Kier molecular flexibility index (Phi) is 5.47. The van der Waals surface area contributed by atoms with E-state index in [1.165, 1.54) is 36.7 Å². The average Bonchev–Trinajstić information content (AvgIpc) is 2.64. The first-order chi connectivity index (χ1) is 12.9. The molecule has 1 heterocycles. The van der Waals surface area contributed by atoms with Crippen LogP contribution in [0.1, 0.15) is 26.3 Å². The van der Waals surface area contributed by atoms with Crippen LogP contribution in [0, 0.1) is 12.7 Å². The Labute approximate surface area is 160 Å². The van der Waals surface area contributed by atoms with Crippen molar-refractivity contribution in [3.63, 3.8) is 0 Å². The van der Waals surface area contributed by atoms with Gasteiger partial charge in [0.05, 0.1) is 11.1 Å². The van der Waals surface area contributed by atoms with Gasteiger partial charge in [-0.3, -0.25) is 14.6 Å². The summed E-state index contributed by atoms with van der Waals surface area (Å²) in [5.74, 6) is -1.36. The molecule has 0 aliphatic heterocycles. The maximum Gasteiger partial charge on any atom is 0.257 e. The van der Waals surface area contributed by atoms with E-state index in [1.54, 1.807) is 24.3 Å². The van der Waals surface area contributed by atoms with Gasteiger partial charge in [-0.1, -0.05) is 17.7 Å². The number of aromatic nitrogens is 1. The van der Waals surface area contributed by atoms with Crippen molar-refractivity contribution in [2.75, 3.05) is 10.6 Å². The van der Waals surface area contributed by atoms with Gasteiger partial charge in [-0.25, -0.2) is 4.39 Å². The van der Waals surface area contributed by atoms with E-state index < -0.39 is 17.6 Å². The van der Waals surface area contributed by atoms with Gasteiger partial charge in [0.15, 0.2) is 0 Å². The molecule has 136 valence electrons. The fourth-order valence-corrected chi connectivity index (χ4v) is 2.65. The second kappa shape index (κ2) is 7.97. The minimum absolute atomic E-state index is 0.180. The van der Waals surface area contributed by atoms with Crippen LogP contribution in [0.25, 0.3) is 0 Å². The smallest absolute Gasteiger partial charge is 0.257 e. The van der Waals surface area contributed by atoms with Crippen molar-refractivity contribution < 1.29 is 14.0 Å². The Morgan fingerprint density at radius 2 is 1.67 bits per heavy atom. The zero-order chi connectivity index (χ0) is 19.4. The normalized spacial score (nSPS) is 10.3. The molecule has 0 saturated carbocycles. The number of rotatable bonds is 4. The number of carbonyl (C=O) groups excluding carboxylic acids is 2. The van der Waals surface area contributed by atoms with E-state index >= 15 is 0 Å². The van der Waals surface area contributed by atoms with Gasteiger partial charge in [-0.15, -0.1) is 0 Å². The summed E-state index contributed by atoms with van der Waals surface area (Å²) in [5, 5.41) is 5.90. The standard InChI is InChI=1S/C20H15ClFN3O2/c1-12-7-15(21)5-6-18(12)25-20(27)14-8-13(10-23-11-14)19(26)24-17-4-2-3-16(22)9-17/h2-11H,1H3,(H,24,26)(H,25,27). The number of halogens is 2. The number of hydrogen-bond acceptors (Lipinski definition) is 3. The first-order valence-corrected chi connectivity index (χ1v) is 8.39. The lowest BCUT2D eigenvalue weighted by atomic mass is 10.1. The molecule has 0 aliphatic carbocycles. The van der Waals surface area contributed by atoms with Crippen LogP contribution in [0.2, 0.25) is 5.02 Å². The fraction of sp³-hybridized carbons (Fsp3) is 0.0500. The Balaban J connectivity index is 1.76. The number of carbonyl (C=O) groups is 2. The molecule has 0 saturated heterocycles. The monoisotopic (exact) mass is 383 g/mol. The van der Waals surface area contributed by atoms with Gasteiger partial charge in [0, 0.05) is 28.8 Å². The number of benzene rings is 2. The second-order valence-corrected chi connectivity index (χ2v) is 6.28. The fourth-order valence-electron chi connectivity index (χ4n) is 2.42. The highest BCUT2D eigenvalue weighted by molar-refractivity contribution is 6.30. The molecular weight excluding hydrogens is 369 g/mol. The van der Waals surface area contributed by atoms with Crippen molar-refractivity contribution in [3.05, 3.63) is 88.5 Å². The number of pyridine rings is 1. The molecule has 0 aliphatic rings. The molecule has 7 heteroatoms. The van der Waals surface area contributed by atoms with Crippen molar-refractivity contribution in [3.8, 4) is 0 Å². The molecule has 0 atom stereocenters. The van der Waals surface area contributed by atoms with Crippen LogP contribution in [-0.2, 0) is 0 Å². The predicted octanol–water partition coefficient (Wildman–Crippen LogP) is 4.69. The van der Waals surface area contributed by atoms with Crippen LogP contribution in [0.5, 0.6) is 0 Å². The van der Waals surface area contributed by atoms with E-state index in [4.69, 9.17) is 11.6 Å². The molecule has 2 amide bonds. The number of nitrogens with one attached hydrogen (secondary N) is 2. The minimum atomic E-state index is -0.495. The van der Waals surface area contributed by atoms with Crippen molar-refractivity contribution in [1.29, 1.82) is 0 Å². The summed E-state index contributed by atoms with van der Waals surface area (Å²) in [4.78, 5) is 28.7. The largest absolute Gasteiger partial charge is 0.322 e. The number of anilines is 2. The van der Waals surface area contributed by atoms with Gasteiger partial charge in [-0.2, -0.15) is 0 Å². The molecule has 0 radical (unpaired) electrons. The van der Waals surface area contributed by atoms with Gasteiger partial charge in [0.25, 0.3) is 11.8 Å². The molecule has 3 aromatic rings. The van der Waals surface area contributed by atoms with Gasteiger partial charge in [0.2, 0.25) is 0 Å². The molecular formula is C20H15ClFN3O2. The summed E-state index contributed by atoms with van der Waals surface area (Å²) in [7, 11) is 0. The third kappa shape index (κ3) is 4.68. The van der Waals surface area contributed by atoms with Gasteiger partial charge in [-0.05, 0) is 55.0 Å². The first kappa shape index (κ1) is 18.5. The lowest BCUT2D eigenvalue weighted by molar-refractivity contribution is 0.102. The molecule has 2 aromatic carbocycles. The third-order valence-corrected chi connectivity index (χ3v) is 4.02. The molecule has 5 nitrogen and oxygen atoms in total. The first-order valence-electron chi connectivity index (χ1n) is 8.02. The summed E-state index contributed by atoms with van der Waals surface area (Å²) < 4.78 is 13.2. The van der Waals surface area contributed by atoms with E-state index in [2.05, 4.69) is 15.6 Å². The van der Waals surface area contributed by atoms with Crippen molar-refractivity contribution in [2.24, 2.45) is 0 Å². The van der Waals surface area contributed by atoms with Crippen LogP contribution in [0.4, 0.5) is 15.8 Å². The Morgan fingerprint density at radius 1 is 0.963 bits per heavy atom. The summed E-state index contributed by atoms with van der Waals surface area (Å²) in [6.45, 7) is 1.82. The Morgan fingerprint density at radius 3 is 2.33 bits per heavy atom. The molecule has 27 heavy (non-hydrogen) atoms. The number of nitrogens with zero attached hydrogens (tertiary/aromatic N) is 1. The number of amides is 2. The summed E-state index contributed by atoms with van der Waals surface area (Å²) in [5.41, 5.74) is 2.13. The highest BCUT2D eigenvalue weighted by Gasteiger charge is 2.13. The molecule has 2 N–H and O–H groups in total. The van der Waals surface area contributed by atoms with Gasteiger partial charge in [0.1, 0.15) is 5.82 Å². The van der Waals surface area contributed by atoms with Crippen LogP contribution in [0.15, 0.2) is 60.9 Å². The van der Waals surface area contributed by atoms with Crippen molar-refractivity contribution >= 4 is 34.8 Å². The quantitative estimate of drug-likeness (QED) is 0.686. The molecule has 0 fully saturated rings. The summed E-state index contributed by atoms with van der Waals surface area (Å²) in [6.07, 6.45) is 2.69. The number of hydrogen-bond donors (Lipinski definition) is 2. The Bertz CT molecular complexity index is 1020. The van der Waals surface area contributed by atoms with E-state index in [9.17, 15) is 14.0 Å². The SMILES string of the molecule is Cc1cc(Cl)ccc1NC(=O)c1cncc(C(=O)Nc2cccc(F)c2)c1. The van der Waals surface area contributed by atoms with E-state index in [1.807, 2.05) is 6.92 Å². The van der Waals surface area contributed by atoms with Crippen LogP contribution in [-0.4, -0.2) is 16.8 Å². The minimum Gasteiger partial charge on any atom is -0.322 e. The van der Waals surface area contributed by atoms with Gasteiger partial charge < -0.3 is 10.6 Å². The lowest BCUT2D eigenvalue weighted by Gasteiger charge is -2.10. The number of aryl methyl sites for hydroxylation is 1. The molecule has 1 aromatic heterocycles. The topological polar surface area (TPSA) is 71.1 Å². The van der Waals surface area contributed by atoms with Crippen LogP contribution in [0.3, 0.4) is 0 Å². The van der Waals surface area contributed by atoms with E-state index in [-0.39, 0.29) is 11.1 Å². The molecule has 0 bridgehead atoms. The highest BCUT2D eigenvalue weighted by Crippen LogP contribution is 2.20. The third-order valence-electron chi connectivity index (χ3n) is 3.78. The van der Waals surface area contributed by atoms with Gasteiger partial charge >= 0.3 is 0 Å². The zero-order valence-corrected chi connectivity index (χ0v) is 15.0. The van der Waals surface area contributed by atoms with Crippen molar-refractivity contribution in [1.82, 2.24) is 4.98 Å². The lowest BCUT2D eigenvalue weighted by Crippen LogP contribution is -2.16. The molecule has 0 spiro atoms. The van der Waals surface area contributed by atoms with Crippen molar-refractivity contribution in [2.45, 2.75) is 6.92 Å². The summed E-state index contributed by atoms with van der Waals surface area (Å²) in [6, 6.07) is 12.1. The Hall–Kier alpha value is -3.25. The maximum absolute atomic E-state index is 13.2. The van der Waals surface area contributed by atoms with Crippen LogP contribution < -0.4 is 10.6 Å². The predicted molar refractivity (Wildman–Crippen MR) is 103 cm³/mol. The molecule has 0 unspecified atom stereocenters. The average molecular weight is 384 g/mol. The second-order valence-electron chi connectivity index (χ2n) is 5.84. The zero-order valence-electron chi connectivity index (χ0n) is 14.3. The summed E-state index contributed by atoms with van der Waals surface area (Å²) >= 11 is 5.91. The maximum atomic E-state index is 13.2. The van der Waals surface area contributed by atoms with E-state index in [0.717, 1.165) is 5.56 Å².